The van der Waals surface area contributed by atoms with Crippen LogP contribution in [0, 0.1) is 0 Å². The van der Waals surface area contributed by atoms with Crippen molar-refractivity contribution < 1.29 is 14.3 Å². The van der Waals surface area contributed by atoms with E-state index < -0.39 is 6.10 Å². The molecule has 1 unspecified atom stereocenters. The van der Waals surface area contributed by atoms with Crippen molar-refractivity contribution in [1.82, 2.24) is 4.98 Å². The number of amides is 2. The van der Waals surface area contributed by atoms with E-state index in [9.17, 15) is 9.59 Å². The van der Waals surface area contributed by atoms with E-state index in [-0.39, 0.29) is 11.8 Å². The molecule has 0 aliphatic heterocycles. The van der Waals surface area contributed by atoms with Crippen molar-refractivity contribution in [3.63, 3.8) is 0 Å². The summed E-state index contributed by atoms with van der Waals surface area (Å²) in [5, 5.41) is 5.53. The van der Waals surface area contributed by atoms with Gasteiger partial charge in [-0.2, -0.15) is 0 Å². The van der Waals surface area contributed by atoms with Crippen molar-refractivity contribution in [3.8, 4) is 0 Å². The molecule has 7 nitrogen and oxygen atoms in total. The van der Waals surface area contributed by atoms with Crippen molar-refractivity contribution in [3.05, 3.63) is 84.2 Å². The molecular weight excluding hydrogens is 368 g/mol. The summed E-state index contributed by atoms with van der Waals surface area (Å²) in [6.45, 7) is 1.97. The summed E-state index contributed by atoms with van der Waals surface area (Å²) in [5.74, 6) is -0.558. The SMILES string of the molecule is CC(OCc1cccnc1)C(=O)Nc1ccc(C(=O)Nc2ccccc2N)cc1. The lowest BCUT2D eigenvalue weighted by Crippen LogP contribution is -2.27. The minimum atomic E-state index is -0.640. The Balaban J connectivity index is 1.53. The van der Waals surface area contributed by atoms with Crippen LogP contribution in [-0.2, 0) is 16.1 Å². The number of hydrogen-bond acceptors (Lipinski definition) is 5. The maximum atomic E-state index is 12.3. The van der Waals surface area contributed by atoms with Crippen LogP contribution in [0.25, 0.3) is 0 Å². The maximum Gasteiger partial charge on any atom is 0.255 e. The lowest BCUT2D eigenvalue weighted by Gasteiger charge is -2.14. The van der Waals surface area contributed by atoms with Crippen LogP contribution in [-0.4, -0.2) is 22.9 Å². The number of carbonyl (C=O) groups is 2. The number of aromatic nitrogens is 1. The highest BCUT2D eigenvalue weighted by atomic mass is 16.5. The van der Waals surface area contributed by atoms with Crippen LogP contribution in [0.2, 0.25) is 0 Å². The highest BCUT2D eigenvalue weighted by Crippen LogP contribution is 2.18. The first kappa shape index (κ1) is 20.0. The zero-order chi connectivity index (χ0) is 20.6. The van der Waals surface area contributed by atoms with Crippen molar-refractivity contribution >= 4 is 28.9 Å². The second-order valence-electron chi connectivity index (χ2n) is 6.42. The molecule has 3 aromatic rings. The lowest BCUT2D eigenvalue weighted by molar-refractivity contribution is -0.127. The highest BCUT2D eigenvalue weighted by molar-refractivity contribution is 6.06. The third-order valence-corrected chi connectivity index (χ3v) is 4.22. The second kappa shape index (κ2) is 9.48. The van der Waals surface area contributed by atoms with Gasteiger partial charge in [-0.3, -0.25) is 14.6 Å². The quantitative estimate of drug-likeness (QED) is 0.536. The number of anilines is 3. The Bertz CT molecular complexity index is 975. The van der Waals surface area contributed by atoms with Gasteiger partial charge in [0, 0.05) is 23.6 Å². The van der Waals surface area contributed by atoms with Crippen LogP contribution in [0.1, 0.15) is 22.8 Å². The molecule has 0 bridgehead atoms. The minimum absolute atomic E-state index is 0.275. The summed E-state index contributed by atoms with van der Waals surface area (Å²) in [6, 6.07) is 17.3. The van der Waals surface area contributed by atoms with E-state index in [1.165, 1.54) is 0 Å². The molecule has 1 aromatic heterocycles. The number of nitrogens with one attached hydrogen (secondary N) is 2. The van der Waals surface area contributed by atoms with E-state index in [0.717, 1.165) is 5.56 Å². The first-order valence-electron chi connectivity index (χ1n) is 9.10. The lowest BCUT2D eigenvalue weighted by atomic mass is 10.1. The number of nitrogens with zero attached hydrogens (tertiary/aromatic N) is 1. The Morgan fingerprint density at radius 3 is 2.48 bits per heavy atom. The number of rotatable bonds is 7. The van der Waals surface area contributed by atoms with Crippen LogP contribution in [0.5, 0.6) is 0 Å². The fraction of sp³-hybridized carbons (Fsp3) is 0.136. The standard InChI is InChI=1S/C22H22N4O3/c1-15(29-14-16-5-4-12-24-13-16)21(27)25-18-10-8-17(9-11-18)22(28)26-20-7-3-2-6-19(20)23/h2-13,15H,14,23H2,1H3,(H,25,27)(H,26,28). The largest absolute Gasteiger partial charge is 0.397 e. The third-order valence-electron chi connectivity index (χ3n) is 4.22. The molecule has 3 rings (SSSR count). The fourth-order valence-electron chi connectivity index (χ4n) is 2.53. The fourth-order valence-corrected chi connectivity index (χ4v) is 2.53. The van der Waals surface area contributed by atoms with E-state index in [1.54, 1.807) is 67.8 Å². The molecule has 1 atom stereocenters. The Morgan fingerprint density at radius 2 is 1.79 bits per heavy atom. The molecule has 4 N–H and O–H groups in total. The number of pyridine rings is 1. The molecular formula is C22H22N4O3. The first-order chi connectivity index (χ1) is 14.0. The molecule has 0 radical (unpaired) electrons. The molecule has 0 saturated heterocycles. The van der Waals surface area contributed by atoms with Gasteiger partial charge >= 0.3 is 0 Å². The zero-order valence-corrected chi connectivity index (χ0v) is 16.0. The number of nitrogens with two attached hydrogens (primary N) is 1. The Morgan fingerprint density at radius 1 is 1.03 bits per heavy atom. The monoisotopic (exact) mass is 390 g/mol. The summed E-state index contributed by atoms with van der Waals surface area (Å²) in [7, 11) is 0. The van der Waals surface area contributed by atoms with Crippen molar-refractivity contribution in [2.24, 2.45) is 0 Å². The highest BCUT2D eigenvalue weighted by Gasteiger charge is 2.14. The van der Waals surface area contributed by atoms with Crippen molar-refractivity contribution in [2.75, 3.05) is 16.4 Å². The van der Waals surface area contributed by atoms with Gasteiger partial charge in [0.1, 0.15) is 6.10 Å². The number of ether oxygens (including phenoxy) is 1. The van der Waals surface area contributed by atoms with Gasteiger partial charge in [0.2, 0.25) is 0 Å². The van der Waals surface area contributed by atoms with E-state index in [1.807, 2.05) is 12.1 Å². The summed E-state index contributed by atoms with van der Waals surface area (Å²) >= 11 is 0. The molecule has 2 aromatic carbocycles. The smallest absolute Gasteiger partial charge is 0.255 e. The van der Waals surface area contributed by atoms with Gasteiger partial charge in [-0.05, 0) is 55.0 Å². The summed E-state index contributed by atoms with van der Waals surface area (Å²) in [6.07, 6.45) is 2.73. The Kier molecular flexibility index (Phi) is 6.55. The predicted molar refractivity (Wildman–Crippen MR) is 112 cm³/mol. The van der Waals surface area contributed by atoms with Gasteiger partial charge in [0.25, 0.3) is 11.8 Å². The topological polar surface area (TPSA) is 106 Å². The molecule has 7 heteroatoms. The van der Waals surface area contributed by atoms with E-state index in [2.05, 4.69) is 15.6 Å². The molecule has 2 amide bonds. The van der Waals surface area contributed by atoms with Gasteiger partial charge in [-0.1, -0.05) is 18.2 Å². The number of hydrogen-bond donors (Lipinski definition) is 3. The Hall–Kier alpha value is -3.71. The maximum absolute atomic E-state index is 12.3. The van der Waals surface area contributed by atoms with Crippen molar-refractivity contribution in [1.29, 1.82) is 0 Å². The molecule has 1 heterocycles. The van der Waals surface area contributed by atoms with Gasteiger partial charge in [0.05, 0.1) is 18.0 Å². The molecule has 148 valence electrons. The van der Waals surface area contributed by atoms with Crippen LogP contribution < -0.4 is 16.4 Å². The van der Waals surface area contributed by atoms with Gasteiger partial charge in [-0.25, -0.2) is 0 Å². The van der Waals surface area contributed by atoms with Crippen molar-refractivity contribution in [2.45, 2.75) is 19.6 Å². The number of benzene rings is 2. The van der Waals surface area contributed by atoms with Gasteiger partial charge in [0.15, 0.2) is 0 Å². The van der Waals surface area contributed by atoms with Crippen LogP contribution in [0.4, 0.5) is 17.1 Å². The average Bonchev–Trinajstić information content (AvgIpc) is 2.74. The molecule has 0 spiro atoms. The molecule has 29 heavy (non-hydrogen) atoms. The average molecular weight is 390 g/mol. The van der Waals surface area contributed by atoms with E-state index in [4.69, 9.17) is 10.5 Å². The summed E-state index contributed by atoms with van der Waals surface area (Å²) in [4.78, 5) is 28.6. The van der Waals surface area contributed by atoms with Crippen LogP contribution in [0.15, 0.2) is 73.1 Å². The zero-order valence-electron chi connectivity index (χ0n) is 16.0. The normalized spacial score (nSPS) is 11.5. The van der Waals surface area contributed by atoms with Crippen LogP contribution in [0.3, 0.4) is 0 Å². The molecule has 0 saturated carbocycles. The first-order valence-corrected chi connectivity index (χ1v) is 9.10. The summed E-state index contributed by atoms with van der Waals surface area (Å²) in [5.41, 5.74) is 8.79. The number of carbonyl (C=O) groups excluding carboxylic acids is 2. The summed E-state index contributed by atoms with van der Waals surface area (Å²) < 4.78 is 5.57. The number of nitrogen functional groups attached to an aromatic ring is 1. The predicted octanol–water partition coefficient (Wildman–Crippen LogP) is 3.46. The Labute approximate surface area is 168 Å². The molecule has 0 aliphatic carbocycles. The molecule has 0 fully saturated rings. The second-order valence-corrected chi connectivity index (χ2v) is 6.42. The van der Waals surface area contributed by atoms with Gasteiger partial charge < -0.3 is 21.1 Å². The minimum Gasteiger partial charge on any atom is -0.397 e. The van der Waals surface area contributed by atoms with Gasteiger partial charge in [-0.15, -0.1) is 0 Å². The third kappa shape index (κ3) is 5.63. The van der Waals surface area contributed by atoms with E-state index in [0.29, 0.717) is 29.2 Å². The number of para-hydroxylation sites is 2. The molecule has 0 aliphatic rings. The van der Waals surface area contributed by atoms with Crippen LogP contribution >= 0.6 is 0 Å². The van der Waals surface area contributed by atoms with E-state index >= 15 is 0 Å².